The van der Waals surface area contributed by atoms with Crippen LogP contribution in [0.5, 0.6) is 0 Å². The summed E-state index contributed by atoms with van der Waals surface area (Å²) in [5.41, 5.74) is 2.48. The number of benzene rings is 1. The van der Waals surface area contributed by atoms with Gasteiger partial charge in [0.1, 0.15) is 0 Å². The molecule has 0 fully saturated rings. The van der Waals surface area contributed by atoms with E-state index in [1.807, 2.05) is 11.9 Å². The Labute approximate surface area is 139 Å². The maximum atomic E-state index is 12.6. The van der Waals surface area contributed by atoms with E-state index in [2.05, 4.69) is 43.4 Å². The number of hydrogen-bond donors (Lipinski definition) is 2. The molecule has 0 spiro atoms. The summed E-state index contributed by atoms with van der Waals surface area (Å²) in [4.78, 5) is 14.5. The zero-order valence-electron chi connectivity index (χ0n) is 14.6. The van der Waals surface area contributed by atoms with Crippen molar-refractivity contribution in [3.63, 3.8) is 0 Å². The molecular weight excluding hydrogens is 288 g/mol. The first-order chi connectivity index (χ1) is 11.0. The maximum absolute atomic E-state index is 12.6. The number of aliphatic hydroxyl groups is 1. The Morgan fingerprint density at radius 1 is 1.43 bits per heavy atom. The van der Waals surface area contributed by atoms with Gasteiger partial charge in [-0.05, 0) is 50.2 Å². The van der Waals surface area contributed by atoms with Gasteiger partial charge in [0.15, 0.2) is 0 Å². The second-order valence-electron chi connectivity index (χ2n) is 6.85. The average molecular weight is 318 g/mol. The number of fused-ring (bicyclic) bond motifs is 1. The van der Waals surface area contributed by atoms with Crippen LogP contribution < -0.4 is 5.32 Å². The van der Waals surface area contributed by atoms with Crippen LogP contribution in [0.15, 0.2) is 24.3 Å². The van der Waals surface area contributed by atoms with Crippen LogP contribution in [0.1, 0.15) is 56.7 Å². The molecule has 2 atom stereocenters. The fourth-order valence-corrected chi connectivity index (χ4v) is 3.36. The van der Waals surface area contributed by atoms with E-state index >= 15 is 0 Å². The van der Waals surface area contributed by atoms with Crippen LogP contribution in [0.4, 0.5) is 0 Å². The Kier molecular flexibility index (Phi) is 6.19. The second kappa shape index (κ2) is 7.93. The summed E-state index contributed by atoms with van der Waals surface area (Å²) in [5, 5.41) is 12.5. The highest BCUT2D eigenvalue weighted by atomic mass is 16.3. The van der Waals surface area contributed by atoms with Gasteiger partial charge in [-0.15, -0.1) is 0 Å². The van der Waals surface area contributed by atoms with Crippen molar-refractivity contribution in [1.29, 1.82) is 0 Å². The van der Waals surface area contributed by atoms with E-state index in [1.54, 1.807) is 0 Å². The van der Waals surface area contributed by atoms with E-state index in [0.29, 0.717) is 13.0 Å². The lowest BCUT2D eigenvalue weighted by atomic mass is 9.87. The first-order valence-electron chi connectivity index (χ1n) is 8.70. The molecule has 0 saturated heterocycles. The number of aliphatic hydroxyl groups excluding tert-OH is 1. The molecule has 4 heteroatoms. The Bertz CT molecular complexity index is 532. The van der Waals surface area contributed by atoms with Crippen molar-refractivity contribution in [2.24, 2.45) is 0 Å². The molecule has 4 nitrogen and oxygen atoms in total. The molecule has 1 aromatic rings. The van der Waals surface area contributed by atoms with E-state index in [0.717, 1.165) is 25.7 Å². The third-order valence-corrected chi connectivity index (χ3v) is 5.31. The minimum Gasteiger partial charge on any atom is -0.396 e. The van der Waals surface area contributed by atoms with E-state index in [-0.39, 0.29) is 24.1 Å². The number of likely N-dealkylation sites (N-methyl/N-ethyl adjacent to an activating group) is 1. The third-order valence-electron chi connectivity index (χ3n) is 5.31. The molecule has 1 aliphatic rings. The summed E-state index contributed by atoms with van der Waals surface area (Å²) in [6, 6.07) is 8.64. The zero-order valence-corrected chi connectivity index (χ0v) is 14.6. The van der Waals surface area contributed by atoms with Gasteiger partial charge in [0.2, 0.25) is 5.91 Å². The predicted molar refractivity (Wildman–Crippen MR) is 93.3 cm³/mol. The number of nitrogens with zero attached hydrogens (tertiary/aromatic N) is 1. The van der Waals surface area contributed by atoms with E-state index in [9.17, 15) is 9.90 Å². The predicted octanol–water partition coefficient (Wildman–Crippen LogP) is 2.66. The van der Waals surface area contributed by atoms with Gasteiger partial charge in [0.25, 0.3) is 0 Å². The molecule has 0 saturated carbocycles. The van der Waals surface area contributed by atoms with Crippen molar-refractivity contribution in [2.75, 3.05) is 20.2 Å². The highest BCUT2D eigenvalue weighted by molar-refractivity contribution is 5.78. The molecule has 2 rings (SSSR count). The number of carbonyl (C=O) groups excluding carboxylic acids is 1. The summed E-state index contributed by atoms with van der Waals surface area (Å²) in [6.07, 6.45) is 4.81. The first-order valence-corrected chi connectivity index (χ1v) is 8.70. The standard InChI is InChI=1S/C19H30N2O2/c1-4-19(2,12-13-22)20-14-18(23)21(3)17-11-7-9-15-8-5-6-10-16(15)17/h5-6,8,10,17,20,22H,4,7,9,11-14H2,1-3H3. The average Bonchev–Trinajstić information content (AvgIpc) is 2.59. The van der Waals surface area contributed by atoms with Gasteiger partial charge in [0, 0.05) is 19.2 Å². The van der Waals surface area contributed by atoms with Gasteiger partial charge in [0.05, 0.1) is 12.6 Å². The van der Waals surface area contributed by atoms with Gasteiger partial charge < -0.3 is 15.3 Å². The molecule has 2 unspecified atom stereocenters. The van der Waals surface area contributed by atoms with E-state index in [1.165, 1.54) is 11.1 Å². The van der Waals surface area contributed by atoms with Gasteiger partial charge >= 0.3 is 0 Å². The van der Waals surface area contributed by atoms with E-state index < -0.39 is 0 Å². The van der Waals surface area contributed by atoms with Crippen molar-refractivity contribution in [3.8, 4) is 0 Å². The molecule has 1 aliphatic carbocycles. The number of hydrogen-bond acceptors (Lipinski definition) is 3. The Morgan fingerprint density at radius 3 is 2.87 bits per heavy atom. The topological polar surface area (TPSA) is 52.6 Å². The van der Waals surface area contributed by atoms with Crippen LogP contribution in [0.2, 0.25) is 0 Å². The number of aryl methyl sites for hydroxylation is 1. The third kappa shape index (κ3) is 4.33. The molecule has 1 aromatic carbocycles. The number of nitrogens with one attached hydrogen (secondary N) is 1. The minimum atomic E-state index is -0.185. The van der Waals surface area contributed by atoms with Gasteiger partial charge in [-0.2, -0.15) is 0 Å². The zero-order chi connectivity index (χ0) is 16.9. The fourth-order valence-electron chi connectivity index (χ4n) is 3.36. The van der Waals surface area contributed by atoms with Crippen molar-refractivity contribution in [2.45, 2.75) is 57.5 Å². The fraction of sp³-hybridized carbons (Fsp3) is 0.632. The Morgan fingerprint density at radius 2 is 2.17 bits per heavy atom. The maximum Gasteiger partial charge on any atom is 0.236 e. The van der Waals surface area contributed by atoms with Crippen LogP contribution >= 0.6 is 0 Å². The first kappa shape index (κ1) is 18.0. The van der Waals surface area contributed by atoms with Crippen molar-refractivity contribution >= 4 is 5.91 Å². The lowest BCUT2D eigenvalue weighted by Gasteiger charge is -2.35. The monoisotopic (exact) mass is 318 g/mol. The van der Waals surface area contributed by atoms with Crippen molar-refractivity contribution in [1.82, 2.24) is 10.2 Å². The molecule has 1 amide bonds. The summed E-state index contributed by atoms with van der Waals surface area (Å²) < 4.78 is 0. The molecule has 23 heavy (non-hydrogen) atoms. The molecule has 0 aliphatic heterocycles. The van der Waals surface area contributed by atoms with Crippen LogP contribution in [0.3, 0.4) is 0 Å². The molecular formula is C19H30N2O2. The number of amides is 1. The quantitative estimate of drug-likeness (QED) is 0.813. The van der Waals surface area contributed by atoms with Gasteiger partial charge in [-0.1, -0.05) is 31.2 Å². The van der Waals surface area contributed by atoms with Gasteiger partial charge in [-0.3, -0.25) is 4.79 Å². The molecule has 2 N–H and O–H groups in total. The van der Waals surface area contributed by atoms with Gasteiger partial charge in [-0.25, -0.2) is 0 Å². The molecule has 0 radical (unpaired) electrons. The smallest absolute Gasteiger partial charge is 0.236 e. The lowest BCUT2D eigenvalue weighted by molar-refractivity contribution is -0.131. The highest BCUT2D eigenvalue weighted by Gasteiger charge is 2.28. The molecule has 0 aromatic heterocycles. The van der Waals surface area contributed by atoms with Crippen LogP contribution in [0.25, 0.3) is 0 Å². The Balaban J connectivity index is 2.01. The highest BCUT2D eigenvalue weighted by Crippen LogP contribution is 2.33. The van der Waals surface area contributed by atoms with Crippen molar-refractivity contribution < 1.29 is 9.90 Å². The summed E-state index contributed by atoms with van der Waals surface area (Å²) in [6.45, 7) is 4.59. The van der Waals surface area contributed by atoms with Crippen molar-refractivity contribution in [3.05, 3.63) is 35.4 Å². The summed E-state index contributed by atoms with van der Waals surface area (Å²) in [7, 11) is 1.91. The van der Waals surface area contributed by atoms with Crippen LogP contribution in [0, 0.1) is 0 Å². The summed E-state index contributed by atoms with van der Waals surface area (Å²) in [5.74, 6) is 0.115. The number of carbonyl (C=O) groups is 1. The number of rotatable bonds is 7. The molecule has 0 heterocycles. The van der Waals surface area contributed by atoms with Crippen LogP contribution in [-0.4, -0.2) is 41.7 Å². The second-order valence-corrected chi connectivity index (χ2v) is 6.85. The molecule has 0 bridgehead atoms. The molecule has 128 valence electrons. The SMILES string of the molecule is CCC(C)(CCO)NCC(=O)N(C)C1CCCc2ccccc21. The summed E-state index contributed by atoms with van der Waals surface area (Å²) >= 11 is 0. The lowest BCUT2D eigenvalue weighted by Crippen LogP contribution is -2.48. The van der Waals surface area contributed by atoms with E-state index in [4.69, 9.17) is 0 Å². The van der Waals surface area contributed by atoms with Crippen LogP contribution in [-0.2, 0) is 11.2 Å². The normalized spacial score (nSPS) is 19.7. The largest absolute Gasteiger partial charge is 0.396 e. The minimum absolute atomic E-state index is 0.115. The Hall–Kier alpha value is -1.39.